The minimum Gasteiger partial charge on any atom is -0.472 e. The van der Waals surface area contributed by atoms with Crippen LogP contribution in [-0.4, -0.2) is 83.2 Å². The average molecular weight is 712 g/mol. The molecule has 5 rings (SSSR count). The number of aryl methyl sites for hydroxylation is 1. The summed E-state index contributed by atoms with van der Waals surface area (Å²) in [6.45, 7) is 16.3. The molecule has 13 nitrogen and oxygen atoms in total. The van der Waals surface area contributed by atoms with E-state index in [2.05, 4.69) is 39.9 Å². The molecule has 50 heavy (non-hydrogen) atoms. The van der Waals surface area contributed by atoms with Crippen LogP contribution >= 0.6 is 0 Å². The Morgan fingerprint density at radius 1 is 1.12 bits per heavy atom. The summed E-state index contributed by atoms with van der Waals surface area (Å²) < 4.78 is 39.3. The third-order valence-electron chi connectivity index (χ3n) is 9.35. The van der Waals surface area contributed by atoms with Crippen molar-refractivity contribution in [2.75, 3.05) is 6.54 Å². The molecule has 14 heteroatoms. The monoisotopic (exact) mass is 711 g/mol. The van der Waals surface area contributed by atoms with Gasteiger partial charge in [0.15, 0.2) is 0 Å². The molecule has 4 amide bonds. The molecule has 3 aliphatic rings. The fourth-order valence-electron chi connectivity index (χ4n) is 6.31. The lowest BCUT2D eigenvalue weighted by atomic mass is 9.85. The van der Waals surface area contributed by atoms with Gasteiger partial charge < -0.3 is 25.0 Å². The Labute approximate surface area is 294 Å². The zero-order valence-corrected chi connectivity index (χ0v) is 30.7. The number of ether oxygens (including phenoxy) is 2. The van der Waals surface area contributed by atoms with Crippen molar-refractivity contribution in [3.05, 3.63) is 48.7 Å². The van der Waals surface area contributed by atoms with Gasteiger partial charge in [0.1, 0.15) is 29.3 Å². The molecule has 2 aromatic rings. The van der Waals surface area contributed by atoms with Crippen LogP contribution in [0.3, 0.4) is 0 Å². The molecule has 2 aliphatic carbocycles. The minimum atomic E-state index is -3.89. The minimum absolute atomic E-state index is 0.0231. The van der Waals surface area contributed by atoms with Gasteiger partial charge in [-0.3, -0.25) is 19.1 Å². The van der Waals surface area contributed by atoms with Crippen LogP contribution in [0, 0.1) is 11.3 Å². The number of likely N-dealkylation sites (tertiary alicyclic amines) is 1. The summed E-state index contributed by atoms with van der Waals surface area (Å²) in [4.78, 5) is 60.8. The molecular formula is C36H49N5O8S. The molecule has 3 N–H and O–H groups in total. The lowest BCUT2D eigenvalue weighted by Gasteiger charge is -2.36. The highest BCUT2D eigenvalue weighted by molar-refractivity contribution is 7.91. The van der Waals surface area contributed by atoms with Crippen LogP contribution in [-0.2, 0) is 35.6 Å². The standard InChI is InChI=1S/C36H49N5O8S/c1-9-21-11-14-26-22(17-21)15-16-37-30(26)48-24-18-27(41(20-24)31(43)28(34(3,4)5)38-33(45)49-35(6,7)8)29(42)39-36(19-23(36)10-2)32(44)40-50(46,47)25-12-13-25/h10-11,14-17,23-25,27-28H,2,9,12-13,18-20H2,1,3-8H3,(H,38,45)(H,39,42)(H,40,44)/t23?,24-,27+,28-,36-/m1/s1. The summed E-state index contributed by atoms with van der Waals surface area (Å²) in [5.41, 5.74) is -2.01. The molecule has 0 spiro atoms. The Morgan fingerprint density at radius 2 is 1.82 bits per heavy atom. The Morgan fingerprint density at radius 3 is 2.40 bits per heavy atom. The van der Waals surface area contributed by atoms with E-state index in [1.54, 1.807) is 47.7 Å². The van der Waals surface area contributed by atoms with Crippen molar-refractivity contribution in [3.63, 3.8) is 0 Å². The first-order valence-corrected chi connectivity index (χ1v) is 18.7. The third kappa shape index (κ3) is 8.06. The number of sulfonamides is 1. The molecule has 1 saturated heterocycles. The first-order valence-electron chi connectivity index (χ1n) is 17.1. The van der Waals surface area contributed by atoms with Crippen molar-refractivity contribution in [3.8, 4) is 5.88 Å². The van der Waals surface area contributed by atoms with Crippen LogP contribution < -0.4 is 20.1 Å². The third-order valence-corrected chi connectivity index (χ3v) is 11.2. The lowest BCUT2D eigenvalue weighted by Crippen LogP contribution is -2.60. The second kappa shape index (κ2) is 13.5. The van der Waals surface area contributed by atoms with Gasteiger partial charge >= 0.3 is 6.09 Å². The van der Waals surface area contributed by atoms with Crippen molar-refractivity contribution in [2.45, 2.75) is 115 Å². The number of carbonyl (C=O) groups excluding carboxylic acids is 4. The fraction of sp³-hybridized carbons (Fsp3) is 0.583. The molecule has 1 aliphatic heterocycles. The summed E-state index contributed by atoms with van der Waals surface area (Å²) in [6, 6.07) is 5.64. The van der Waals surface area contributed by atoms with Crippen molar-refractivity contribution >= 4 is 44.6 Å². The van der Waals surface area contributed by atoms with Crippen LogP contribution in [0.15, 0.2) is 43.1 Å². The maximum Gasteiger partial charge on any atom is 0.408 e. The topological polar surface area (TPSA) is 173 Å². The van der Waals surface area contributed by atoms with Crippen molar-refractivity contribution in [2.24, 2.45) is 11.3 Å². The molecule has 0 bridgehead atoms. The van der Waals surface area contributed by atoms with Crippen LogP contribution in [0.25, 0.3) is 10.8 Å². The van der Waals surface area contributed by atoms with Gasteiger partial charge in [0.25, 0.3) is 5.91 Å². The number of rotatable bonds is 11. The number of hydrogen-bond acceptors (Lipinski definition) is 9. The molecule has 1 aromatic heterocycles. The van der Waals surface area contributed by atoms with Crippen molar-refractivity contribution < 1.29 is 37.1 Å². The first-order chi connectivity index (χ1) is 23.3. The summed E-state index contributed by atoms with van der Waals surface area (Å²) in [5, 5.41) is 6.56. The van der Waals surface area contributed by atoms with E-state index in [1.165, 1.54) is 11.0 Å². The number of nitrogens with zero attached hydrogens (tertiary/aromatic N) is 2. The van der Waals surface area contributed by atoms with Gasteiger partial charge in [-0.1, -0.05) is 45.9 Å². The quantitative estimate of drug-likeness (QED) is 0.294. The van der Waals surface area contributed by atoms with Crippen molar-refractivity contribution in [1.82, 2.24) is 25.2 Å². The fourth-order valence-corrected chi connectivity index (χ4v) is 7.67. The molecule has 272 valence electrons. The zero-order valence-electron chi connectivity index (χ0n) is 29.9. The average Bonchev–Trinajstić information content (AvgIpc) is 3.95. The van der Waals surface area contributed by atoms with E-state index < -0.39 is 79.7 Å². The van der Waals surface area contributed by atoms with Crippen LogP contribution in [0.5, 0.6) is 5.88 Å². The van der Waals surface area contributed by atoms with Crippen molar-refractivity contribution in [1.29, 1.82) is 0 Å². The van der Waals surface area contributed by atoms with Gasteiger partial charge in [0, 0.05) is 23.9 Å². The van der Waals surface area contributed by atoms with Crippen LogP contribution in [0.1, 0.15) is 79.7 Å². The molecule has 5 atom stereocenters. The van der Waals surface area contributed by atoms with E-state index in [4.69, 9.17) is 9.47 Å². The number of nitrogens with one attached hydrogen (secondary N) is 3. The second-order valence-electron chi connectivity index (χ2n) is 15.6. The second-order valence-corrected chi connectivity index (χ2v) is 17.6. The Balaban J connectivity index is 1.44. The zero-order chi connectivity index (χ0) is 36.8. The molecule has 3 fully saturated rings. The molecule has 2 saturated carbocycles. The molecular weight excluding hydrogens is 662 g/mol. The Bertz CT molecular complexity index is 1800. The van der Waals surface area contributed by atoms with Gasteiger partial charge in [-0.05, 0) is 75.0 Å². The normalized spacial score (nSPS) is 24.2. The number of hydrogen-bond donors (Lipinski definition) is 3. The van der Waals surface area contributed by atoms with E-state index in [0.717, 1.165) is 22.8 Å². The molecule has 1 aromatic carbocycles. The van der Waals surface area contributed by atoms with E-state index in [-0.39, 0.29) is 19.4 Å². The number of carbonyl (C=O) groups is 4. The highest BCUT2D eigenvalue weighted by Gasteiger charge is 2.62. The van der Waals surface area contributed by atoms with Crippen LogP contribution in [0.2, 0.25) is 0 Å². The maximum atomic E-state index is 14.4. The predicted octanol–water partition coefficient (Wildman–Crippen LogP) is 3.75. The maximum absolute atomic E-state index is 14.4. The Hall–Kier alpha value is -4.20. The smallest absolute Gasteiger partial charge is 0.408 e. The van der Waals surface area contributed by atoms with E-state index in [0.29, 0.717) is 18.7 Å². The van der Waals surface area contributed by atoms with Gasteiger partial charge in [-0.2, -0.15) is 0 Å². The summed E-state index contributed by atoms with van der Waals surface area (Å²) in [6.07, 6.45) is 3.65. The largest absolute Gasteiger partial charge is 0.472 e. The number of pyridine rings is 1. The molecule has 1 unspecified atom stereocenters. The van der Waals surface area contributed by atoms with E-state index in [9.17, 15) is 27.6 Å². The van der Waals surface area contributed by atoms with Gasteiger partial charge in [-0.25, -0.2) is 18.2 Å². The Kier molecular flexibility index (Phi) is 10.0. The van der Waals surface area contributed by atoms with E-state index in [1.807, 2.05) is 18.2 Å². The predicted molar refractivity (Wildman–Crippen MR) is 188 cm³/mol. The number of amides is 4. The highest BCUT2D eigenvalue weighted by atomic mass is 32.2. The SMILES string of the molecule is C=CC1C[C@]1(NC(=O)[C@@H]1C[C@@H](Oc2nccc3cc(CC)ccc23)CN1C(=O)[C@@H](NC(=O)OC(C)(C)C)C(C)(C)C)C(=O)NS(=O)(=O)C1CC1. The number of benzene rings is 1. The molecule has 2 heterocycles. The number of aromatic nitrogens is 1. The first kappa shape index (κ1) is 37.1. The molecule has 0 radical (unpaired) electrons. The van der Waals surface area contributed by atoms with Crippen LogP contribution in [0.4, 0.5) is 4.79 Å². The van der Waals surface area contributed by atoms with Gasteiger partial charge in [0.05, 0.1) is 11.8 Å². The summed E-state index contributed by atoms with van der Waals surface area (Å²) in [7, 11) is -3.89. The van der Waals surface area contributed by atoms with Gasteiger partial charge in [-0.15, -0.1) is 6.58 Å². The van der Waals surface area contributed by atoms with Gasteiger partial charge in [0.2, 0.25) is 27.7 Å². The number of alkyl carbamates (subject to hydrolysis) is 1. The highest BCUT2D eigenvalue weighted by Crippen LogP contribution is 2.45. The summed E-state index contributed by atoms with van der Waals surface area (Å²) in [5.74, 6) is -2.20. The summed E-state index contributed by atoms with van der Waals surface area (Å²) >= 11 is 0. The lowest BCUT2D eigenvalue weighted by molar-refractivity contribution is -0.143. The number of fused-ring (bicyclic) bond motifs is 1. The van der Waals surface area contributed by atoms with E-state index >= 15 is 0 Å².